The van der Waals surface area contributed by atoms with E-state index in [9.17, 15) is 9.59 Å². The molecule has 132 valence electrons. The lowest BCUT2D eigenvalue weighted by Gasteiger charge is -2.18. The Hall–Kier alpha value is -3.62. The number of nitrogens with zero attached hydrogens (tertiary/aromatic N) is 3. The number of carbonyl (C=O) groups is 2. The number of hydrogen-bond acceptors (Lipinski definition) is 6. The summed E-state index contributed by atoms with van der Waals surface area (Å²) in [4.78, 5) is 32.2. The molecule has 26 heavy (non-hydrogen) atoms. The molecule has 0 saturated heterocycles. The summed E-state index contributed by atoms with van der Waals surface area (Å²) in [7, 11) is 1.78. The fourth-order valence-electron chi connectivity index (χ4n) is 2.93. The van der Waals surface area contributed by atoms with Crippen LogP contribution < -0.4 is 21.1 Å². The lowest BCUT2D eigenvalue weighted by molar-refractivity contribution is -0.118. The van der Waals surface area contributed by atoms with E-state index in [1.807, 2.05) is 6.07 Å². The molecule has 1 aromatic carbocycles. The minimum Gasteiger partial charge on any atom is -0.482 e. The van der Waals surface area contributed by atoms with Gasteiger partial charge in [-0.2, -0.15) is 0 Å². The Bertz CT molecular complexity index is 1040. The summed E-state index contributed by atoms with van der Waals surface area (Å²) in [6, 6.07) is 5.35. The van der Waals surface area contributed by atoms with Crippen LogP contribution in [-0.4, -0.2) is 33.0 Å². The molecule has 9 nitrogen and oxygen atoms in total. The second-order valence-corrected chi connectivity index (χ2v) is 5.96. The molecule has 2 aromatic heterocycles. The number of ether oxygens (including phenoxy) is 1. The first kappa shape index (κ1) is 15.9. The molecule has 4 N–H and O–H groups in total. The number of anilines is 2. The fraction of sp³-hybridized carbons (Fsp3) is 0.176. The zero-order valence-corrected chi connectivity index (χ0v) is 13.9. The van der Waals surface area contributed by atoms with Crippen LogP contribution in [0.4, 0.5) is 11.4 Å². The van der Waals surface area contributed by atoms with E-state index in [2.05, 4.69) is 20.6 Å². The zero-order chi connectivity index (χ0) is 18.3. The van der Waals surface area contributed by atoms with Crippen LogP contribution in [-0.2, 0) is 18.4 Å². The van der Waals surface area contributed by atoms with E-state index in [4.69, 9.17) is 10.5 Å². The molecule has 0 bridgehead atoms. The van der Waals surface area contributed by atoms with Crippen LogP contribution in [0.2, 0.25) is 0 Å². The number of rotatable bonds is 3. The molecule has 3 heterocycles. The number of hydrogen-bond donors (Lipinski definition) is 3. The number of aromatic nitrogens is 3. The minimum absolute atomic E-state index is 0.00654. The summed E-state index contributed by atoms with van der Waals surface area (Å²) in [6.45, 7) is 0.278. The first-order valence-electron chi connectivity index (χ1n) is 7.92. The Labute approximate surface area is 148 Å². The number of nitrogens with one attached hydrogen (secondary N) is 2. The molecule has 0 saturated carbocycles. The van der Waals surface area contributed by atoms with Crippen LogP contribution in [0.25, 0.3) is 11.0 Å². The summed E-state index contributed by atoms with van der Waals surface area (Å²) < 4.78 is 7.05. The van der Waals surface area contributed by atoms with Crippen LogP contribution in [0.5, 0.6) is 5.75 Å². The summed E-state index contributed by atoms with van der Waals surface area (Å²) >= 11 is 0. The quantitative estimate of drug-likeness (QED) is 0.641. The molecule has 0 fully saturated rings. The van der Waals surface area contributed by atoms with E-state index in [0.29, 0.717) is 28.2 Å². The lowest BCUT2D eigenvalue weighted by Crippen LogP contribution is -2.26. The van der Waals surface area contributed by atoms with Gasteiger partial charge in [0.1, 0.15) is 23.1 Å². The third-order valence-corrected chi connectivity index (χ3v) is 4.13. The smallest absolute Gasteiger partial charge is 0.272 e. The SMILES string of the molecule is Cn1cc(N)c2ncnc(C(=O)NCc3ccc4c(c3)NC(=O)CO4)c21. The summed E-state index contributed by atoms with van der Waals surface area (Å²) in [5, 5.41) is 5.56. The maximum atomic E-state index is 12.6. The standard InChI is InChI=1S/C17H16N6O3/c1-23-6-10(18)14-16(23)15(21-8-20-14)17(25)19-5-9-2-3-12-11(4-9)22-13(24)7-26-12/h2-4,6,8H,5,7,18H2,1H3,(H,19,25)(H,22,24). The van der Waals surface area contributed by atoms with Gasteiger partial charge in [-0.1, -0.05) is 6.07 Å². The number of aryl methyl sites for hydroxylation is 1. The van der Waals surface area contributed by atoms with E-state index in [1.54, 1.807) is 29.9 Å². The van der Waals surface area contributed by atoms with Crippen molar-refractivity contribution in [1.29, 1.82) is 0 Å². The highest BCUT2D eigenvalue weighted by molar-refractivity contribution is 6.05. The van der Waals surface area contributed by atoms with Crippen molar-refractivity contribution < 1.29 is 14.3 Å². The Morgan fingerprint density at radius 1 is 1.42 bits per heavy atom. The average molecular weight is 352 g/mol. The largest absolute Gasteiger partial charge is 0.482 e. The topological polar surface area (TPSA) is 124 Å². The molecular weight excluding hydrogens is 336 g/mol. The lowest BCUT2D eigenvalue weighted by atomic mass is 10.1. The molecule has 0 radical (unpaired) electrons. The van der Waals surface area contributed by atoms with Gasteiger partial charge < -0.3 is 25.7 Å². The predicted octanol–water partition coefficient (Wildman–Crippen LogP) is 0.811. The first-order chi connectivity index (χ1) is 12.5. The summed E-state index contributed by atoms with van der Waals surface area (Å²) in [5.74, 6) is 0.0661. The van der Waals surface area contributed by atoms with E-state index >= 15 is 0 Å². The zero-order valence-electron chi connectivity index (χ0n) is 13.9. The second kappa shape index (κ2) is 6.03. The highest BCUT2D eigenvalue weighted by atomic mass is 16.5. The van der Waals surface area contributed by atoms with Gasteiger partial charge in [-0.25, -0.2) is 9.97 Å². The molecule has 0 aliphatic carbocycles. The van der Waals surface area contributed by atoms with Crippen molar-refractivity contribution in [3.05, 3.63) is 42.0 Å². The number of nitrogens with two attached hydrogens (primary N) is 1. The van der Waals surface area contributed by atoms with Crippen LogP contribution in [0.1, 0.15) is 16.1 Å². The van der Waals surface area contributed by atoms with Gasteiger partial charge in [0.05, 0.1) is 11.4 Å². The Kier molecular flexibility index (Phi) is 3.68. The monoisotopic (exact) mass is 352 g/mol. The van der Waals surface area contributed by atoms with E-state index in [0.717, 1.165) is 5.56 Å². The number of fused-ring (bicyclic) bond motifs is 2. The van der Waals surface area contributed by atoms with Crippen LogP contribution in [0, 0.1) is 0 Å². The molecule has 4 rings (SSSR count). The van der Waals surface area contributed by atoms with Crippen molar-refractivity contribution in [1.82, 2.24) is 19.9 Å². The number of amides is 2. The number of nitrogen functional groups attached to an aromatic ring is 1. The minimum atomic E-state index is -0.336. The van der Waals surface area contributed by atoms with Gasteiger partial charge in [-0.15, -0.1) is 0 Å². The van der Waals surface area contributed by atoms with Crippen LogP contribution >= 0.6 is 0 Å². The van der Waals surface area contributed by atoms with Gasteiger partial charge in [0.2, 0.25) is 0 Å². The molecular formula is C17H16N6O3. The normalized spacial score (nSPS) is 13.0. The third-order valence-electron chi connectivity index (χ3n) is 4.13. The Morgan fingerprint density at radius 2 is 2.27 bits per heavy atom. The summed E-state index contributed by atoms with van der Waals surface area (Å²) in [6.07, 6.45) is 3.02. The van der Waals surface area contributed by atoms with Gasteiger partial charge >= 0.3 is 0 Å². The highest BCUT2D eigenvalue weighted by Crippen LogP contribution is 2.28. The van der Waals surface area contributed by atoms with Crippen molar-refractivity contribution in [2.24, 2.45) is 7.05 Å². The highest BCUT2D eigenvalue weighted by Gasteiger charge is 2.18. The average Bonchev–Trinajstić information content (AvgIpc) is 2.93. The maximum absolute atomic E-state index is 12.6. The fourth-order valence-corrected chi connectivity index (χ4v) is 2.93. The van der Waals surface area contributed by atoms with Crippen molar-refractivity contribution in [3.63, 3.8) is 0 Å². The Balaban J connectivity index is 1.55. The van der Waals surface area contributed by atoms with Gasteiger partial charge in [-0.05, 0) is 17.7 Å². The van der Waals surface area contributed by atoms with Gasteiger partial charge in [-0.3, -0.25) is 9.59 Å². The van der Waals surface area contributed by atoms with E-state index in [1.165, 1.54) is 6.33 Å². The van der Waals surface area contributed by atoms with Gasteiger partial charge in [0.25, 0.3) is 11.8 Å². The third kappa shape index (κ3) is 2.69. The van der Waals surface area contributed by atoms with Crippen molar-refractivity contribution in [2.45, 2.75) is 6.54 Å². The molecule has 0 spiro atoms. The number of benzene rings is 1. The second-order valence-electron chi connectivity index (χ2n) is 5.96. The summed E-state index contributed by atoms with van der Waals surface area (Å²) in [5.41, 5.74) is 9.17. The van der Waals surface area contributed by atoms with Gasteiger partial charge in [0.15, 0.2) is 12.3 Å². The van der Waals surface area contributed by atoms with E-state index < -0.39 is 0 Å². The van der Waals surface area contributed by atoms with E-state index in [-0.39, 0.29) is 30.7 Å². The van der Waals surface area contributed by atoms with Crippen LogP contribution in [0.15, 0.2) is 30.7 Å². The van der Waals surface area contributed by atoms with Crippen LogP contribution in [0.3, 0.4) is 0 Å². The molecule has 9 heteroatoms. The maximum Gasteiger partial charge on any atom is 0.272 e. The molecule has 2 amide bonds. The van der Waals surface area contributed by atoms with Crippen molar-refractivity contribution >= 4 is 34.2 Å². The molecule has 0 unspecified atom stereocenters. The molecule has 1 aliphatic heterocycles. The van der Waals surface area contributed by atoms with Crippen molar-refractivity contribution in [3.8, 4) is 5.75 Å². The molecule has 1 aliphatic rings. The molecule has 0 atom stereocenters. The number of carbonyl (C=O) groups excluding carboxylic acids is 2. The molecule has 3 aromatic rings. The first-order valence-corrected chi connectivity index (χ1v) is 7.92. The van der Waals surface area contributed by atoms with Crippen molar-refractivity contribution in [2.75, 3.05) is 17.7 Å². The Morgan fingerprint density at radius 3 is 3.12 bits per heavy atom. The predicted molar refractivity (Wildman–Crippen MR) is 94.7 cm³/mol. The van der Waals surface area contributed by atoms with Gasteiger partial charge in [0, 0.05) is 19.8 Å².